The van der Waals surface area contributed by atoms with E-state index in [1.165, 1.54) is 0 Å². The molecule has 1 aromatic carbocycles. The van der Waals surface area contributed by atoms with Gasteiger partial charge in [0.2, 0.25) is 5.89 Å². The minimum absolute atomic E-state index is 0.183. The van der Waals surface area contributed by atoms with Crippen LogP contribution in [0.3, 0.4) is 0 Å². The fourth-order valence-electron chi connectivity index (χ4n) is 2.02. The molecule has 106 valence electrons. The van der Waals surface area contributed by atoms with E-state index in [0.29, 0.717) is 17.1 Å². The van der Waals surface area contributed by atoms with Crippen molar-refractivity contribution >= 4 is 11.6 Å². The molecule has 1 unspecified atom stereocenters. The average Bonchev–Trinajstić information content (AvgIpc) is 2.80. The number of nitrogen functional groups attached to an aromatic ring is 1. The largest absolute Gasteiger partial charge is 0.444 e. The van der Waals surface area contributed by atoms with Gasteiger partial charge in [-0.15, -0.1) is 0 Å². The van der Waals surface area contributed by atoms with Crippen molar-refractivity contribution in [2.24, 2.45) is 0 Å². The van der Waals surface area contributed by atoms with Crippen LogP contribution in [-0.2, 0) is 0 Å². The van der Waals surface area contributed by atoms with Gasteiger partial charge in [0, 0.05) is 11.3 Å². The molecule has 1 heterocycles. The van der Waals surface area contributed by atoms with Crippen LogP contribution in [0.4, 0.5) is 5.69 Å². The first kappa shape index (κ1) is 14.1. The van der Waals surface area contributed by atoms with Gasteiger partial charge in [0.15, 0.2) is 0 Å². The molecule has 1 aromatic heterocycles. The summed E-state index contributed by atoms with van der Waals surface area (Å²) in [5, 5.41) is 2.86. The lowest BCUT2D eigenvalue weighted by Crippen LogP contribution is -2.27. The van der Waals surface area contributed by atoms with E-state index in [2.05, 4.69) is 10.3 Å². The average molecular weight is 273 g/mol. The smallest absolute Gasteiger partial charge is 0.252 e. The molecule has 0 spiro atoms. The quantitative estimate of drug-likeness (QED) is 0.842. The highest BCUT2D eigenvalue weighted by atomic mass is 16.4. The number of anilines is 1. The molecule has 2 aromatic rings. The fraction of sp³-hybridized carbons (Fsp3) is 0.333. The molecule has 0 fully saturated rings. The molecule has 0 aliphatic rings. The summed E-state index contributed by atoms with van der Waals surface area (Å²) in [5.41, 5.74) is 8.91. The Morgan fingerprint density at radius 1 is 1.30 bits per heavy atom. The summed E-state index contributed by atoms with van der Waals surface area (Å²) >= 11 is 0. The van der Waals surface area contributed by atoms with E-state index in [9.17, 15) is 4.79 Å². The van der Waals surface area contributed by atoms with E-state index >= 15 is 0 Å². The second-order valence-corrected chi connectivity index (χ2v) is 5.03. The van der Waals surface area contributed by atoms with Gasteiger partial charge in [-0.2, -0.15) is 0 Å². The number of nitrogens with two attached hydrogens (primary N) is 1. The number of hydrogen-bond acceptors (Lipinski definition) is 4. The van der Waals surface area contributed by atoms with Crippen molar-refractivity contribution in [2.45, 2.75) is 33.7 Å². The zero-order valence-corrected chi connectivity index (χ0v) is 12.2. The number of rotatable bonds is 3. The third-order valence-electron chi connectivity index (χ3n) is 3.21. The summed E-state index contributed by atoms with van der Waals surface area (Å²) in [6.45, 7) is 7.45. The first-order valence-electron chi connectivity index (χ1n) is 6.48. The number of oxazole rings is 1. The minimum atomic E-state index is -0.293. The molecule has 5 nitrogen and oxygen atoms in total. The Balaban J connectivity index is 2.18. The molecule has 2 rings (SSSR count). The first-order valence-corrected chi connectivity index (χ1v) is 6.48. The molecule has 1 amide bonds. The Labute approximate surface area is 118 Å². The number of carbonyl (C=O) groups is 1. The van der Waals surface area contributed by atoms with Gasteiger partial charge in [-0.05, 0) is 44.9 Å². The van der Waals surface area contributed by atoms with Crippen molar-refractivity contribution in [1.29, 1.82) is 0 Å². The summed E-state index contributed by atoms with van der Waals surface area (Å²) in [7, 11) is 0. The third-order valence-corrected chi connectivity index (χ3v) is 3.21. The van der Waals surface area contributed by atoms with Crippen LogP contribution in [-0.4, -0.2) is 10.9 Å². The Morgan fingerprint density at radius 2 is 2.00 bits per heavy atom. The maximum Gasteiger partial charge on any atom is 0.252 e. The summed E-state index contributed by atoms with van der Waals surface area (Å²) in [6, 6.07) is 3.32. The molecule has 0 bridgehead atoms. The maximum absolute atomic E-state index is 12.3. The Hall–Kier alpha value is -2.30. The standard InChI is InChI=1S/C15H19N3O2/c1-8-5-9(2)13(16)6-12(8)14(19)18-11(4)15-17-7-10(3)20-15/h5-7,11H,16H2,1-4H3,(H,18,19). The number of amides is 1. The molecule has 0 aliphatic heterocycles. The maximum atomic E-state index is 12.3. The number of nitrogens with one attached hydrogen (secondary N) is 1. The number of aromatic nitrogens is 1. The minimum Gasteiger partial charge on any atom is -0.444 e. The number of nitrogens with zero attached hydrogens (tertiary/aromatic N) is 1. The predicted molar refractivity (Wildman–Crippen MR) is 77.4 cm³/mol. The van der Waals surface area contributed by atoms with Crippen LogP contribution in [0.5, 0.6) is 0 Å². The summed E-state index contributed by atoms with van der Waals surface area (Å²) < 4.78 is 5.40. The van der Waals surface area contributed by atoms with Gasteiger partial charge in [-0.25, -0.2) is 4.98 Å². The lowest BCUT2D eigenvalue weighted by molar-refractivity contribution is 0.0933. The van der Waals surface area contributed by atoms with Crippen LogP contribution in [0, 0.1) is 20.8 Å². The monoisotopic (exact) mass is 273 g/mol. The molecule has 20 heavy (non-hydrogen) atoms. The summed E-state index contributed by atoms with van der Waals surface area (Å²) in [6.07, 6.45) is 1.63. The molecular formula is C15H19N3O2. The highest BCUT2D eigenvalue weighted by Gasteiger charge is 2.17. The Kier molecular flexibility index (Phi) is 3.79. The molecule has 3 N–H and O–H groups in total. The van der Waals surface area contributed by atoms with Crippen molar-refractivity contribution < 1.29 is 9.21 Å². The molecule has 1 atom stereocenters. The molecular weight excluding hydrogens is 254 g/mol. The van der Waals surface area contributed by atoms with Crippen molar-refractivity contribution in [3.8, 4) is 0 Å². The third kappa shape index (κ3) is 2.82. The summed E-state index contributed by atoms with van der Waals surface area (Å²) in [5.74, 6) is 1.03. The molecule has 5 heteroatoms. The Morgan fingerprint density at radius 3 is 2.60 bits per heavy atom. The predicted octanol–water partition coefficient (Wildman–Crippen LogP) is 2.67. The summed E-state index contributed by atoms with van der Waals surface area (Å²) in [4.78, 5) is 16.4. The van der Waals surface area contributed by atoms with Gasteiger partial charge in [0.05, 0.1) is 6.20 Å². The van der Waals surface area contributed by atoms with Crippen LogP contribution in [0.2, 0.25) is 0 Å². The topological polar surface area (TPSA) is 81.2 Å². The second kappa shape index (κ2) is 5.36. The zero-order chi connectivity index (χ0) is 14.9. The van der Waals surface area contributed by atoms with Crippen molar-refractivity contribution in [3.05, 3.63) is 46.7 Å². The van der Waals surface area contributed by atoms with E-state index < -0.39 is 0 Å². The van der Waals surface area contributed by atoms with Gasteiger partial charge in [-0.3, -0.25) is 4.79 Å². The van der Waals surface area contributed by atoms with Crippen LogP contribution in [0.1, 0.15) is 46.1 Å². The van der Waals surface area contributed by atoms with Crippen molar-refractivity contribution in [3.63, 3.8) is 0 Å². The normalized spacial score (nSPS) is 12.2. The number of hydrogen-bond donors (Lipinski definition) is 2. The number of carbonyl (C=O) groups excluding carboxylic acids is 1. The molecule has 0 aliphatic carbocycles. The van der Waals surface area contributed by atoms with Gasteiger partial charge in [0.1, 0.15) is 11.8 Å². The fourth-order valence-corrected chi connectivity index (χ4v) is 2.02. The van der Waals surface area contributed by atoms with E-state index in [0.717, 1.165) is 16.9 Å². The van der Waals surface area contributed by atoms with E-state index in [4.69, 9.17) is 10.2 Å². The van der Waals surface area contributed by atoms with Crippen LogP contribution in [0.15, 0.2) is 22.7 Å². The number of aryl methyl sites for hydroxylation is 3. The first-order chi connectivity index (χ1) is 9.38. The highest BCUT2D eigenvalue weighted by Crippen LogP contribution is 2.19. The van der Waals surface area contributed by atoms with Gasteiger partial charge < -0.3 is 15.5 Å². The zero-order valence-electron chi connectivity index (χ0n) is 12.2. The van der Waals surface area contributed by atoms with Gasteiger partial charge in [0.25, 0.3) is 5.91 Å². The van der Waals surface area contributed by atoms with Crippen molar-refractivity contribution in [1.82, 2.24) is 10.3 Å². The molecule has 0 saturated carbocycles. The van der Waals surface area contributed by atoms with E-state index in [1.807, 2.05) is 33.8 Å². The van der Waals surface area contributed by atoms with Gasteiger partial charge >= 0.3 is 0 Å². The lowest BCUT2D eigenvalue weighted by Gasteiger charge is -2.13. The van der Waals surface area contributed by atoms with Crippen LogP contribution >= 0.6 is 0 Å². The molecule has 0 radical (unpaired) electrons. The SMILES string of the molecule is Cc1cnc(C(C)NC(=O)c2cc(N)c(C)cc2C)o1. The highest BCUT2D eigenvalue weighted by molar-refractivity contribution is 5.96. The van der Waals surface area contributed by atoms with E-state index in [1.54, 1.807) is 12.3 Å². The van der Waals surface area contributed by atoms with Crippen LogP contribution in [0.25, 0.3) is 0 Å². The number of benzene rings is 1. The van der Waals surface area contributed by atoms with Crippen LogP contribution < -0.4 is 11.1 Å². The second-order valence-electron chi connectivity index (χ2n) is 5.03. The van der Waals surface area contributed by atoms with Gasteiger partial charge in [-0.1, -0.05) is 6.07 Å². The Bertz CT molecular complexity index is 647. The lowest BCUT2D eigenvalue weighted by atomic mass is 10.0. The van der Waals surface area contributed by atoms with Crippen molar-refractivity contribution in [2.75, 3.05) is 5.73 Å². The molecule has 0 saturated heterocycles. The van der Waals surface area contributed by atoms with E-state index in [-0.39, 0.29) is 11.9 Å².